The molecular weight excluding hydrogens is 258 g/mol. The van der Waals surface area contributed by atoms with Crippen molar-refractivity contribution in [1.29, 1.82) is 0 Å². The smallest absolute Gasteiger partial charge is 0.161 e. The zero-order valence-corrected chi connectivity index (χ0v) is 13.0. The van der Waals surface area contributed by atoms with Gasteiger partial charge in [-0.05, 0) is 32.1 Å². The van der Waals surface area contributed by atoms with Gasteiger partial charge < -0.3 is 10.1 Å². The van der Waals surface area contributed by atoms with Crippen LogP contribution in [0.3, 0.4) is 0 Å². The van der Waals surface area contributed by atoms with E-state index in [0.717, 1.165) is 18.8 Å². The van der Waals surface area contributed by atoms with Gasteiger partial charge in [-0.25, -0.2) is 0 Å². The summed E-state index contributed by atoms with van der Waals surface area (Å²) in [6, 6.07) is 0.340. The molecule has 0 aliphatic carbocycles. The number of nitrogens with zero attached hydrogens (tertiary/aromatic N) is 2. The minimum Gasteiger partial charge on any atom is -0.493 e. The van der Waals surface area contributed by atoms with E-state index < -0.39 is 0 Å². The van der Waals surface area contributed by atoms with Crippen LogP contribution in [0.25, 0.3) is 0 Å². The van der Waals surface area contributed by atoms with Gasteiger partial charge in [0.15, 0.2) is 5.75 Å². The van der Waals surface area contributed by atoms with Crippen LogP contribution < -0.4 is 10.1 Å². The summed E-state index contributed by atoms with van der Waals surface area (Å²) in [7, 11) is 1.73. The summed E-state index contributed by atoms with van der Waals surface area (Å²) < 4.78 is 7.58. The third-order valence-electron chi connectivity index (χ3n) is 3.67. The molecular formula is C14H25N3OS. The lowest BCUT2D eigenvalue weighted by atomic mass is 10.0. The maximum absolute atomic E-state index is 5.51. The minimum atomic E-state index is 0.340. The molecule has 0 aromatic carbocycles. The summed E-state index contributed by atoms with van der Waals surface area (Å²) in [6.45, 7) is 6.16. The normalized spacial score (nSPS) is 21.3. The fourth-order valence-electron chi connectivity index (χ4n) is 2.75. The van der Waals surface area contributed by atoms with Crippen molar-refractivity contribution in [1.82, 2.24) is 15.1 Å². The van der Waals surface area contributed by atoms with Gasteiger partial charge in [-0.15, -0.1) is 0 Å². The zero-order chi connectivity index (χ0) is 13.7. The summed E-state index contributed by atoms with van der Waals surface area (Å²) in [6.07, 6.45) is 5.81. The molecule has 1 fully saturated rings. The molecule has 108 valence electrons. The Morgan fingerprint density at radius 1 is 1.53 bits per heavy atom. The number of hydrogen-bond acceptors (Lipinski definition) is 4. The molecule has 0 radical (unpaired) electrons. The van der Waals surface area contributed by atoms with Gasteiger partial charge in [0.1, 0.15) is 0 Å². The summed E-state index contributed by atoms with van der Waals surface area (Å²) in [5.74, 6) is 2.19. The topological polar surface area (TPSA) is 39.1 Å². The van der Waals surface area contributed by atoms with E-state index in [1.807, 2.05) is 6.20 Å². The maximum Gasteiger partial charge on any atom is 0.161 e. The molecule has 0 saturated carbocycles. The van der Waals surface area contributed by atoms with E-state index in [-0.39, 0.29) is 0 Å². The molecule has 2 atom stereocenters. The lowest BCUT2D eigenvalue weighted by molar-refractivity contribution is 0.385. The molecule has 4 nitrogen and oxygen atoms in total. The van der Waals surface area contributed by atoms with E-state index in [2.05, 4.69) is 40.7 Å². The second-order valence-electron chi connectivity index (χ2n) is 4.85. The van der Waals surface area contributed by atoms with Gasteiger partial charge >= 0.3 is 0 Å². The van der Waals surface area contributed by atoms with Gasteiger partial charge in [0.05, 0.1) is 25.0 Å². The molecule has 1 saturated heterocycles. The third kappa shape index (κ3) is 3.26. The van der Waals surface area contributed by atoms with E-state index in [1.54, 1.807) is 7.11 Å². The van der Waals surface area contributed by atoms with Crippen molar-refractivity contribution in [3.05, 3.63) is 11.9 Å². The molecule has 0 bridgehead atoms. The molecule has 1 aromatic rings. The summed E-state index contributed by atoms with van der Waals surface area (Å²) >= 11 is 2.09. The Morgan fingerprint density at radius 2 is 2.37 bits per heavy atom. The van der Waals surface area contributed by atoms with Crippen LogP contribution in [0.4, 0.5) is 0 Å². The molecule has 2 rings (SSSR count). The molecule has 19 heavy (non-hydrogen) atoms. The van der Waals surface area contributed by atoms with Gasteiger partial charge in [0, 0.05) is 11.8 Å². The van der Waals surface area contributed by atoms with Crippen LogP contribution in [0.15, 0.2) is 6.20 Å². The Hall–Kier alpha value is -0.680. The number of aromatic nitrogens is 2. The highest BCUT2D eigenvalue weighted by atomic mass is 32.2. The van der Waals surface area contributed by atoms with Gasteiger partial charge in [0.2, 0.25) is 0 Å². The quantitative estimate of drug-likeness (QED) is 0.871. The Bertz CT molecular complexity index is 367. The Labute approximate surface area is 120 Å². The van der Waals surface area contributed by atoms with E-state index in [4.69, 9.17) is 4.74 Å². The van der Waals surface area contributed by atoms with Crippen LogP contribution in [0.2, 0.25) is 0 Å². The van der Waals surface area contributed by atoms with Crippen LogP contribution in [0, 0.1) is 0 Å². The van der Waals surface area contributed by atoms with E-state index in [9.17, 15) is 0 Å². The number of methoxy groups -OCH3 is 1. The predicted molar refractivity (Wildman–Crippen MR) is 81.0 cm³/mol. The minimum absolute atomic E-state index is 0.340. The first-order chi connectivity index (χ1) is 9.31. The van der Waals surface area contributed by atoms with Gasteiger partial charge in [-0.2, -0.15) is 16.9 Å². The molecule has 1 aliphatic rings. The van der Waals surface area contributed by atoms with Crippen molar-refractivity contribution in [3.8, 4) is 5.75 Å². The molecule has 2 unspecified atom stereocenters. The molecule has 1 aromatic heterocycles. The molecule has 0 spiro atoms. The standard InChI is InChI=1S/C14H25N3OS/c1-4-15-13(12-8-6-7-9-19-12)14-11(18-3)10-16-17(14)5-2/h10,12-13,15H,4-9H2,1-3H3. The van der Waals surface area contributed by atoms with E-state index in [1.165, 1.54) is 30.7 Å². The molecule has 1 aliphatic heterocycles. The van der Waals surface area contributed by atoms with Crippen LogP contribution in [-0.4, -0.2) is 34.4 Å². The molecule has 5 heteroatoms. The number of rotatable bonds is 6. The van der Waals surface area contributed by atoms with Crippen molar-refractivity contribution < 1.29 is 4.74 Å². The van der Waals surface area contributed by atoms with Crippen molar-refractivity contribution >= 4 is 11.8 Å². The monoisotopic (exact) mass is 283 g/mol. The maximum atomic E-state index is 5.51. The fraction of sp³-hybridized carbons (Fsp3) is 0.786. The highest BCUT2D eigenvalue weighted by Gasteiger charge is 2.30. The second-order valence-corrected chi connectivity index (χ2v) is 6.20. The highest BCUT2D eigenvalue weighted by Crippen LogP contribution is 2.37. The number of hydrogen-bond donors (Lipinski definition) is 1. The van der Waals surface area contributed by atoms with Gasteiger partial charge in [-0.1, -0.05) is 13.3 Å². The zero-order valence-electron chi connectivity index (χ0n) is 12.2. The molecule has 0 amide bonds. The largest absolute Gasteiger partial charge is 0.493 e. The number of ether oxygens (including phenoxy) is 1. The third-order valence-corrected chi connectivity index (χ3v) is 5.13. The fourth-order valence-corrected chi connectivity index (χ4v) is 4.18. The summed E-state index contributed by atoms with van der Waals surface area (Å²) in [4.78, 5) is 0. The Kier molecular flexibility index (Phi) is 5.58. The van der Waals surface area contributed by atoms with Crippen molar-refractivity contribution in [2.24, 2.45) is 0 Å². The number of nitrogens with one attached hydrogen (secondary N) is 1. The van der Waals surface area contributed by atoms with Crippen LogP contribution in [0.1, 0.15) is 44.8 Å². The Balaban J connectivity index is 2.28. The molecule has 2 heterocycles. The van der Waals surface area contributed by atoms with Gasteiger partial charge in [0.25, 0.3) is 0 Å². The predicted octanol–water partition coefficient (Wildman–Crippen LogP) is 2.85. The first-order valence-electron chi connectivity index (χ1n) is 7.26. The van der Waals surface area contributed by atoms with Crippen molar-refractivity contribution in [2.75, 3.05) is 19.4 Å². The average molecular weight is 283 g/mol. The first kappa shape index (κ1) is 14.7. The van der Waals surface area contributed by atoms with Crippen molar-refractivity contribution in [2.45, 2.75) is 50.9 Å². The molecule has 1 N–H and O–H groups in total. The van der Waals surface area contributed by atoms with Crippen LogP contribution in [-0.2, 0) is 6.54 Å². The van der Waals surface area contributed by atoms with Crippen molar-refractivity contribution in [3.63, 3.8) is 0 Å². The first-order valence-corrected chi connectivity index (χ1v) is 8.31. The summed E-state index contributed by atoms with van der Waals surface area (Å²) in [5.41, 5.74) is 1.21. The number of aryl methyl sites for hydroxylation is 1. The highest BCUT2D eigenvalue weighted by molar-refractivity contribution is 8.00. The average Bonchev–Trinajstić information content (AvgIpc) is 2.88. The van der Waals surface area contributed by atoms with Crippen LogP contribution >= 0.6 is 11.8 Å². The second kappa shape index (κ2) is 7.20. The van der Waals surface area contributed by atoms with E-state index in [0.29, 0.717) is 11.3 Å². The van der Waals surface area contributed by atoms with E-state index >= 15 is 0 Å². The number of thioether (sulfide) groups is 1. The Morgan fingerprint density at radius 3 is 2.95 bits per heavy atom. The van der Waals surface area contributed by atoms with Crippen LogP contribution in [0.5, 0.6) is 5.75 Å². The summed E-state index contributed by atoms with van der Waals surface area (Å²) in [5, 5.41) is 8.72. The SMILES string of the molecule is CCNC(c1c(OC)cnn1CC)C1CCCCS1. The van der Waals surface area contributed by atoms with Gasteiger partial charge in [-0.3, -0.25) is 4.68 Å². The lowest BCUT2D eigenvalue weighted by Crippen LogP contribution is -2.33. The lowest BCUT2D eigenvalue weighted by Gasteiger charge is -2.31.